The molecule has 6 bridgehead atoms. The lowest BCUT2D eigenvalue weighted by atomic mass is 9.84. The molecule has 15 nitrogen and oxygen atoms in total. The Balaban J connectivity index is 1.29. The molecule has 7 rings (SSSR count). The highest BCUT2D eigenvalue weighted by atomic mass is 32.1. The molecule has 1 aromatic carbocycles. The summed E-state index contributed by atoms with van der Waals surface area (Å²) >= 11 is 1.42. The number of nitrogens with zero attached hydrogens (tertiary/aromatic N) is 6. The first-order valence-electron chi connectivity index (χ1n) is 21.8. The number of esters is 1. The summed E-state index contributed by atoms with van der Waals surface area (Å²) in [4.78, 5) is 69.4. The van der Waals surface area contributed by atoms with Gasteiger partial charge in [-0.1, -0.05) is 33.8 Å². The molecule has 0 spiro atoms. The molecular weight excluding hydrogens is 809 g/mol. The zero-order valence-electron chi connectivity index (χ0n) is 37.7. The van der Waals surface area contributed by atoms with Gasteiger partial charge in [0.1, 0.15) is 18.1 Å². The van der Waals surface area contributed by atoms with Crippen LogP contribution in [0.2, 0.25) is 0 Å². The van der Waals surface area contributed by atoms with Crippen LogP contribution in [0.3, 0.4) is 0 Å². The molecule has 0 radical (unpaired) electrons. The third-order valence-electron chi connectivity index (χ3n) is 12.7. The van der Waals surface area contributed by atoms with Gasteiger partial charge in [-0.15, -0.1) is 11.3 Å². The second-order valence-electron chi connectivity index (χ2n) is 18.0. The predicted molar refractivity (Wildman–Crippen MR) is 238 cm³/mol. The monoisotopic (exact) mass is 870 g/mol. The first-order chi connectivity index (χ1) is 29.6. The number of hydrazine groups is 1. The Labute approximate surface area is 368 Å². The number of likely N-dealkylation sites (N-methyl/N-ethyl adjacent to an activating group) is 1. The summed E-state index contributed by atoms with van der Waals surface area (Å²) in [7, 11) is 4.93. The number of hydrogen-bond donors (Lipinski definition) is 2. The number of aryl methyl sites for hydroxylation is 1. The summed E-state index contributed by atoms with van der Waals surface area (Å²) in [5.74, 6) is -1.57. The Hall–Kier alpha value is -4.90. The van der Waals surface area contributed by atoms with Gasteiger partial charge in [0.25, 0.3) is 5.91 Å². The van der Waals surface area contributed by atoms with E-state index in [0.29, 0.717) is 43.9 Å². The number of fused-ring (bicyclic) bond motifs is 6. The third-order valence-corrected chi connectivity index (χ3v) is 13.6. The van der Waals surface area contributed by atoms with Crippen molar-refractivity contribution in [3.05, 3.63) is 58.2 Å². The Morgan fingerprint density at radius 3 is 2.63 bits per heavy atom. The lowest BCUT2D eigenvalue weighted by Crippen LogP contribution is -2.66. The number of hydrogen-bond acceptors (Lipinski definition) is 11. The van der Waals surface area contributed by atoms with Crippen molar-refractivity contribution in [1.82, 2.24) is 40.1 Å². The number of likely N-dealkylation sites (tertiary alicyclic amines) is 1. The summed E-state index contributed by atoms with van der Waals surface area (Å²) in [6.45, 7) is 15.6. The highest BCUT2D eigenvalue weighted by Gasteiger charge is 2.44. The van der Waals surface area contributed by atoms with Gasteiger partial charge >= 0.3 is 12.0 Å². The van der Waals surface area contributed by atoms with E-state index in [1.165, 1.54) is 21.2 Å². The van der Waals surface area contributed by atoms with Crippen molar-refractivity contribution >= 4 is 46.1 Å². The van der Waals surface area contributed by atoms with E-state index in [0.717, 1.165) is 44.7 Å². The summed E-state index contributed by atoms with van der Waals surface area (Å²) in [5, 5.41) is 8.16. The van der Waals surface area contributed by atoms with Crippen LogP contribution in [0.5, 0.6) is 0 Å². The lowest BCUT2D eigenvalue weighted by molar-refractivity contribution is -0.155. The minimum Gasteiger partial charge on any atom is -0.464 e. The molecule has 334 valence electrons. The standard InChI is InChI=1S/C46H62N8O7S/c1-11-52-36-17-16-29-20-31(36)32(41(52)30-14-12-18-47-39(30)28(5)59-9)22-46(6,7)25-61-44(57)33-15-13-19-54(50-33)43(56)34(21-38-48-35(29)24-62-38)49-42(55)40(26(2)3)51(8)45(58)53-23-37(60-10)27(53)4/h12,14,16-18,20,24,26-28,33-34,37,40,50H,11,13,15,19,21-23,25H2,1-10H3,(H,49,55)/t27-,28+,33+,34+,37-,40+/m1/s1. The third kappa shape index (κ3) is 8.84. The molecule has 16 heteroatoms. The summed E-state index contributed by atoms with van der Waals surface area (Å²) in [5.41, 5.74) is 9.35. The van der Waals surface area contributed by atoms with E-state index >= 15 is 0 Å². The van der Waals surface area contributed by atoms with Gasteiger partial charge in [0.15, 0.2) is 0 Å². The van der Waals surface area contributed by atoms with Gasteiger partial charge in [0, 0.05) is 79.8 Å². The van der Waals surface area contributed by atoms with Crippen molar-refractivity contribution in [2.75, 3.05) is 41.0 Å². The number of nitrogens with one attached hydrogen (secondary N) is 2. The van der Waals surface area contributed by atoms with Crippen LogP contribution in [0.15, 0.2) is 41.9 Å². The Morgan fingerprint density at radius 1 is 1.16 bits per heavy atom. The van der Waals surface area contributed by atoms with Gasteiger partial charge in [-0.25, -0.2) is 15.2 Å². The predicted octanol–water partition coefficient (Wildman–Crippen LogP) is 6.00. The zero-order valence-corrected chi connectivity index (χ0v) is 38.5. The second kappa shape index (κ2) is 18.4. The number of thiazole rings is 1. The van der Waals surface area contributed by atoms with Crippen LogP contribution in [0.1, 0.15) is 83.7 Å². The molecule has 6 atom stereocenters. The summed E-state index contributed by atoms with van der Waals surface area (Å²) in [6.07, 6.45) is 3.20. The molecular formula is C46H62N8O7S. The normalized spacial score (nSPS) is 22.8. The Bertz CT molecular complexity index is 2310. The van der Waals surface area contributed by atoms with E-state index < -0.39 is 41.3 Å². The van der Waals surface area contributed by atoms with Crippen LogP contribution in [0.25, 0.3) is 33.4 Å². The number of aromatic nitrogens is 3. The van der Waals surface area contributed by atoms with Crippen LogP contribution in [0, 0.1) is 11.3 Å². The summed E-state index contributed by atoms with van der Waals surface area (Å²) in [6, 6.07) is 7.34. The van der Waals surface area contributed by atoms with E-state index in [9.17, 15) is 19.2 Å². The minimum atomic E-state index is -1.05. The smallest absolute Gasteiger partial charge is 0.324 e. The molecule has 4 amide bonds. The molecule has 3 aliphatic heterocycles. The number of pyridine rings is 1. The SMILES string of the molecule is CCn1c(-c2cccnc2[C@H](C)OC)c2c3cc(ccc31)-c1csc(n1)C[C@H](NC(=O)[C@H](C(C)C)N(C)C(=O)N1C[C@@H](OC)[C@H]1C)C(=O)N1CCC[C@H](N1)C(=O)OCC(C)(C)C2. The summed E-state index contributed by atoms with van der Waals surface area (Å²) < 4.78 is 19.7. The molecule has 2 saturated heterocycles. The van der Waals surface area contributed by atoms with Crippen LogP contribution in [0.4, 0.5) is 4.79 Å². The maximum Gasteiger partial charge on any atom is 0.324 e. The molecule has 2 fully saturated rings. The fraction of sp³-hybridized carbons (Fsp3) is 0.565. The van der Waals surface area contributed by atoms with Gasteiger partial charge in [-0.3, -0.25) is 24.4 Å². The number of amides is 4. The van der Waals surface area contributed by atoms with Gasteiger partial charge in [0.05, 0.1) is 53.5 Å². The number of carbonyl (C=O) groups excluding carboxylic acids is 4. The second-order valence-corrected chi connectivity index (χ2v) is 19.0. The molecule has 0 aliphatic carbocycles. The average Bonchev–Trinajstić information content (AvgIpc) is 3.85. The topological polar surface area (TPSA) is 160 Å². The van der Waals surface area contributed by atoms with E-state index in [1.807, 2.05) is 39.1 Å². The van der Waals surface area contributed by atoms with E-state index in [-0.39, 0.29) is 43.2 Å². The largest absolute Gasteiger partial charge is 0.464 e. The van der Waals surface area contributed by atoms with Gasteiger partial charge in [0.2, 0.25) is 5.91 Å². The first kappa shape index (κ1) is 45.1. The average molecular weight is 871 g/mol. The van der Waals surface area contributed by atoms with Crippen LogP contribution in [-0.2, 0) is 48.0 Å². The number of benzene rings is 1. The van der Waals surface area contributed by atoms with E-state index in [1.54, 1.807) is 32.4 Å². The molecule has 3 aliphatic rings. The Morgan fingerprint density at radius 2 is 1.94 bits per heavy atom. The van der Waals surface area contributed by atoms with Crippen molar-refractivity contribution in [2.45, 2.75) is 117 Å². The maximum atomic E-state index is 14.5. The number of methoxy groups -OCH3 is 2. The molecule has 3 aromatic heterocycles. The quantitative estimate of drug-likeness (QED) is 0.191. The van der Waals surface area contributed by atoms with Crippen LogP contribution < -0.4 is 10.7 Å². The van der Waals surface area contributed by atoms with Crippen LogP contribution >= 0.6 is 11.3 Å². The fourth-order valence-electron chi connectivity index (χ4n) is 9.17. The van der Waals surface area contributed by atoms with E-state index in [2.05, 4.69) is 60.3 Å². The highest BCUT2D eigenvalue weighted by Crippen LogP contribution is 2.42. The molecule has 2 N–H and O–H groups in total. The molecule has 4 aromatic rings. The van der Waals surface area contributed by atoms with Gasteiger partial charge < -0.3 is 33.9 Å². The van der Waals surface area contributed by atoms with Gasteiger partial charge in [-0.05, 0) is 75.8 Å². The number of ether oxygens (including phenoxy) is 3. The highest BCUT2D eigenvalue weighted by molar-refractivity contribution is 7.10. The molecule has 0 saturated carbocycles. The number of rotatable bonds is 9. The minimum absolute atomic E-state index is 0.0692. The zero-order chi connectivity index (χ0) is 44.6. The lowest BCUT2D eigenvalue weighted by Gasteiger charge is -2.47. The van der Waals surface area contributed by atoms with Crippen molar-refractivity contribution in [1.29, 1.82) is 0 Å². The van der Waals surface area contributed by atoms with Crippen LogP contribution in [-0.4, -0.2) is 124 Å². The molecule has 62 heavy (non-hydrogen) atoms. The number of cyclic esters (lactones) is 1. The Kier molecular flexibility index (Phi) is 13.4. The maximum absolute atomic E-state index is 14.5. The number of carbonyl (C=O) groups is 4. The van der Waals surface area contributed by atoms with Crippen molar-refractivity contribution in [3.63, 3.8) is 0 Å². The van der Waals surface area contributed by atoms with Gasteiger partial charge in [-0.2, -0.15) is 0 Å². The first-order valence-corrected chi connectivity index (χ1v) is 22.6. The van der Waals surface area contributed by atoms with Crippen molar-refractivity contribution in [3.8, 4) is 22.5 Å². The van der Waals surface area contributed by atoms with E-state index in [4.69, 9.17) is 24.2 Å². The van der Waals surface area contributed by atoms with Crippen molar-refractivity contribution in [2.24, 2.45) is 11.3 Å². The fourth-order valence-corrected chi connectivity index (χ4v) is 10.0. The molecule has 6 heterocycles. The number of urea groups is 1. The van der Waals surface area contributed by atoms with Crippen molar-refractivity contribution < 1.29 is 33.4 Å². The molecule has 0 unspecified atom stereocenters.